The minimum atomic E-state index is -0.0366. The number of aryl methyl sites for hydroxylation is 2. The molecule has 1 amide bonds. The summed E-state index contributed by atoms with van der Waals surface area (Å²) < 4.78 is 11.0. The van der Waals surface area contributed by atoms with E-state index in [9.17, 15) is 4.79 Å². The summed E-state index contributed by atoms with van der Waals surface area (Å²) in [6.45, 7) is 11.8. The summed E-state index contributed by atoms with van der Waals surface area (Å²) in [7, 11) is 0. The van der Waals surface area contributed by atoms with Crippen molar-refractivity contribution in [2.45, 2.75) is 26.7 Å². The molecule has 3 heterocycles. The minimum Gasteiger partial charge on any atom is -0.456 e. The van der Waals surface area contributed by atoms with E-state index in [1.54, 1.807) is 6.07 Å². The second-order valence-corrected chi connectivity index (χ2v) is 6.48. The zero-order valence-corrected chi connectivity index (χ0v) is 15.0. The summed E-state index contributed by atoms with van der Waals surface area (Å²) in [5.41, 5.74) is 1.87. The van der Waals surface area contributed by atoms with Gasteiger partial charge >= 0.3 is 0 Å². The second kappa shape index (κ2) is 7.70. The maximum absolute atomic E-state index is 12.7. The molecule has 0 unspecified atom stereocenters. The zero-order chi connectivity index (χ0) is 17.8. The Labute approximate surface area is 148 Å². The monoisotopic (exact) mass is 343 g/mol. The molecular formula is C19H25N3O3. The van der Waals surface area contributed by atoms with Crippen LogP contribution < -0.4 is 0 Å². The number of nitrogens with zero attached hydrogens (tertiary/aromatic N) is 3. The summed E-state index contributed by atoms with van der Waals surface area (Å²) in [5.74, 6) is 1.90. The number of carbonyl (C=O) groups is 1. The Hall–Kier alpha value is -2.34. The number of hydrogen-bond acceptors (Lipinski definition) is 5. The number of furan rings is 1. The Morgan fingerprint density at radius 1 is 1.28 bits per heavy atom. The summed E-state index contributed by atoms with van der Waals surface area (Å²) in [5, 5.41) is 3.96. The zero-order valence-electron chi connectivity index (χ0n) is 15.0. The molecule has 25 heavy (non-hydrogen) atoms. The lowest BCUT2D eigenvalue weighted by atomic mass is 10.1. The van der Waals surface area contributed by atoms with Crippen LogP contribution in [-0.4, -0.2) is 53.6 Å². The van der Waals surface area contributed by atoms with Crippen LogP contribution >= 0.6 is 0 Å². The van der Waals surface area contributed by atoms with Gasteiger partial charge in [-0.25, -0.2) is 0 Å². The molecule has 2 aromatic heterocycles. The van der Waals surface area contributed by atoms with Gasteiger partial charge in [-0.1, -0.05) is 11.2 Å². The van der Waals surface area contributed by atoms with E-state index in [0.717, 1.165) is 55.4 Å². The van der Waals surface area contributed by atoms with Crippen LogP contribution in [0.4, 0.5) is 0 Å². The number of amides is 1. The van der Waals surface area contributed by atoms with Gasteiger partial charge in [0.05, 0.1) is 5.69 Å². The van der Waals surface area contributed by atoms with Crippen molar-refractivity contribution in [3.05, 3.63) is 53.3 Å². The quantitative estimate of drug-likeness (QED) is 0.781. The highest BCUT2D eigenvalue weighted by Gasteiger charge is 2.22. The van der Waals surface area contributed by atoms with Crippen molar-refractivity contribution in [2.24, 2.45) is 0 Å². The van der Waals surface area contributed by atoms with Crippen LogP contribution in [0.2, 0.25) is 0 Å². The van der Waals surface area contributed by atoms with E-state index in [1.807, 2.05) is 30.9 Å². The molecule has 1 fully saturated rings. The molecule has 0 aromatic carbocycles. The van der Waals surface area contributed by atoms with E-state index in [4.69, 9.17) is 8.94 Å². The Morgan fingerprint density at radius 3 is 2.84 bits per heavy atom. The average Bonchev–Trinajstić information content (AvgIpc) is 3.10. The highest BCUT2D eigenvalue weighted by Crippen LogP contribution is 2.20. The van der Waals surface area contributed by atoms with Crippen molar-refractivity contribution >= 4 is 5.91 Å². The first kappa shape index (κ1) is 17.5. The van der Waals surface area contributed by atoms with Gasteiger partial charge in [-0.3, -0.25) is 9.69 Å². The van der Waals surface area contributed by atoms with Gasteiger partial charge in [0.1, 0.15) is 11.5 Å². The Morgan fingerprint density at radius 2 is 2.12 bits per heavy atom. The van der Waals surface area contributed by atoms with Gasteiger partial charge in [0.2, 0.25) is 0 Å². The third-order valence-corrected chi connectivity index (χ3v) is 4.67. The molecule has 0 spiro atoms. The highest BCUT2D eigenvalue weighted by atomic mass is 16.5. The minimum absolute atomic E-state index is 0.0366. The van der Waals surface area contributed by atoms with E-state index >= 15 is 0 Å². The molecule has 3 rings (SSSR count). The molecule has 0 bridgehead atoms. The van der Waals surface area contributed by atoms with Gasteiger partial charge < -0.3 is 13.8 Å². The van der Waals surface area contributed by atoms with Crippen LogP contribution in [0.1, 0.15) is 39.8 Å². The SMILES string of the molecule is C=CCN1CCCN(C(=O)c2ccc(Cc3c(C)noc3C)o2)CC1. The standard InChI is InChI=1S/C19H25N3O3/c1-4-8-21-9-5-10-22(12-11-21)19(23)18-7-6-16(24-18)13-17-14(2)20-25-15(17)3/h4,6-7H,1,5,8-13H2,2-3H3. The summed E-state index contributed by atoms with van der Waals surface area (Å²) in [6, 6.07) is 3.63. The molecule has 0 aliphatic carbocycles. The Balaban J connectivity index is 1.65. The number of carbonyl (C=O) groups excluding carboxylic acids is 1. The number of rotatable bonds is 5. The molecular weight excluding hydrogens is 318 g/mol. The van der Waals surface area contributed by atoms with Crippen LogP contribution in [0.15, 0.2) is 33.7 Å². The molecule has 2 aromatic rings. The molecule has 1 saturated heterocycles. The van der Waals surface area contributed by atoms with Gasteiger partial charge in [-0.15, -0.1) is 6.58 Å². The highest BCUT2D eigenvalue weighted by molar-refractivity contribution is 5.91. The van der Waals surface area contributed by atoms with Crippen molar-refractivity contribution in [3.63, 3.8) is 0 Å². The fourth-order valence-electron chi connectivity index (χ4n) is 3.21. The van der Waals surface area contributed by atoms with Crippen molar-refractivity contribution in [2.75, 3.05) is 32.7 Å². The van der Waals surface area contributed by atoms with Crippen molar-refractivity contribution in [1.29, 1.82) is 0 Å². The van der Waals surface area contributed by atoms with Crippen molar-refractivity contribution < 1.29 is 13.7 Å². The first-order chi connectivity index (χ1) is 12.1. The Kier molecular flexibility index (Phi) is 5.38. The van der Waals surface area contributed by atoms with Crippen LogP contribution in [-0.2, 0) is 6.42 Å². The maximum atomic E-state index is 12.7. The molecule has 1 aliphatic heterocycles. The summed E-state index contributed by atoms with van der Waals surface area (Å²) >= 11 is 0. The molecule has 0 radical (unpaired) electrons. The predicted octanol–water partition coefficient (Wildman–Crippen LogP) is 2.81. The summed E-state index contributed by atoms with van der Waals surface area (Å²) in [6.07, 6.45) is 3.46. The van der Waals surface area contributed by atoms with Gasteiger partial charge in [0.15, 0.2) is 5.76 Å². The number of hydrogen-bond donors (Lipinski definition) is 0. The van der Waals surface area contributed by atoms with Gasteiger partial charge in [0, 0.05) is 44.7 Å². The fourth-order valence-corrected chi connectivity index (χ4v) is 3.21. The van der Waals surface area contributed by atoms with Gasteiger partial charge in [-0.2, -0.15) is 0 Å². The normalized spacial score (nSPS) is 16.0. The van der Waals surface area contributed by atoms with Gasteiger partial charge in [0.25, 0.3) is 5.91 Å². The Bertz CT molecular complexity index is 727. The molecule has 1 aliphatic rings. The lowest BCUT2D eigenvalue weighted by Gasteiger charge is -2.20. The maximum Gasteiger partial charge on any atom is 0.289 e. The average molecular weight is 343 g/mol. The third-order valence-electron chi connectivity index (χ3n) is 4.67. The topological polar surface area (TPSA) is 62.7 Å². The second-order valence-electron chi connectivity index (χ2n) is 6.48. The van der Waals surface area contributed by atoms with Gasteiger partial charge in [-0.05, 0) is 32.4 Å². The third kappa shape index (κ3) is 4.02. The van der Waals surface area contributed by atoms with Crippen LogP contribution in [0, 0.1) is 13.8 Å². The largest absolute Gasteiger partial charge is 0.456 e. The lowest BCUT2D eigenvalue weighted by molar-refractivity contribution is 0.0728. The summed E-state index contributed by atoms with van der Waals surface area (Å²) in [4.78, 5) is 16.9. The van der Waals surface area contributed by atoms with E-state index in [-0.39, 0.29) is 5.91 Å². The van der Waals surface area contributed by atoms with E-state index < -0.39 is 0 Å². The molecule has 134 valence electrons. The molecule has 6 heteroatoms. The first-order valence-electron chi connectivity index (χ1n) is 8.71. The number of aromatic nitrogens is 1. The molecule has 6 nitrogen and oxygen atoms in total. The smallest absolute Gasteiger partial charge is 0.289 e. The van der Waals surface area contributed by atoms with Crippen LogP contribution in [0.25, 0.3) is 0 Å². The lowest BCUT2D eigenvalue weighted by Crippen LogP contribution is -2.35. The van der Waals surface area contributed by atoms with E-state index in [0.29, 0.717) is 18.7 Å². The fraction of sp³-hybridized carbons (Fsp3) is 0.474. The molecule has 0 saturated carbocycles. The van der Waals surface area contributed by atoms with Crippen molar-refractivity contribution in [1.82, 2.24) is 15.0 Å². The molecule has 0 atom stereocenters. The predicted molar refractivity (Wildman–Crippen MR) is 94.6 cm³/mol. The first-order valence-corrected chi connectivity index (χ1v) is 8.71. The van der Waals surface area contributed by atoms with Crippen molar-refractivity contribution in [3.8, 4) is 0 Å². The van der Waals surface area contributed by atoms with E-state index in [2.05, 4.69) is 16.6 Å². The van der Waals surface area contributed by atoms with Crippen LogP contribution in [0.3, 0.4) is 0 Å². The molecule has 0 N–H and O–H groups in total. The van der Waals surface area contributed by atoms with Crippen LogP contribution in [0.5, 0.6) is 0 Å². The van der Waals surface area contributed by atoms with E-state index in [1.165, 1.54) is 0 Å².